The van der Waals surface area contributed by atoms with Crippen LogP contribution in [0.25, 0.3) is 0 Å². The molecule has 1 aliphatic heterocycles. The molecule has 0 atom stereocenters. The Morgan fingerprint density at radius 2 is 1.91 bits per heavy atom. The molecular weight excluding hydrogens is 458 g/mol. The number of morpholine rings is 1. The van der Waals surface area contributed by atoms with Crippen molar-refractivity contribution in [2.75, 3.05) is 41.8 Å². The quantitative estimate of drug-likeness (QED) is 0.350. The summed E-state index contributed by atoms with van der Waals surface area (Å²) < 4.78 is 5.42. The number of carbonyl (C=O) groups is 1. The maximum atomic E-state index is 11.5. The van der Waals surface area contributed by atoms with Crippen molar-refractivity contribution in [1.82, 2.24) is 9.97 Å². The van der Waals surface area contributed by atoms with Gasteiger partial charge in [-0.1, -0.05) is 29.9 Å². The molecule has 1 aromatic heterocycles. The zero-order chi connectivity index (χ0) is 23.2. The molecule has 2 heterocycles. The maximum absolute atomic E-state index is 11.5. The van der Waals surface area contributed by atoms with Gasteiger partial charge in [0.05, 0.1) is 18.2 Å². The molecule has 1 amide bonds. The van der Waals surface area contributed by atoms with Gasteiger partial charge in [-0.2, -0.15) is 0 Å². The number of benzene rings is 2. The molecule has 9 heteroatoms. The van der Waals surface area contributed by atoms with Crippen LogP contribution in [-0.4, -0.2) is 42.2 Å². The molecule has 0 saturated carbocycles. The Morgan fingerprint density at radius 3 is 2.61 bits per heavy atom. The number of nitrogens with zero attached hydrogens (tertiary/aromatic N) is 3. The summed E-state index contributed by atoms with van der Waals surface area (Å²) in [7, 11) is 0. The number of hydrogen-bond donors (Lipinski definition) is 2. The second-order valence-electron chi connectivity index (χ2n) is 7.39. The Balaban J connectivity index is 1.45. The zero-order valence-corrected chi connectivity index (χ0v) is 19.7. The fourth-order valence-electron chi connectivity index (χ4n) is 3.25. The van der Waals surface area contributed by atoms with E-state index >= 15 is 0 Å². The first-order valence-corrected chi connectivity index (χ1v) is 11.7. The summed E-state index contributed by atoms with van der Waals surface area (Å²) in [5, 5.41) is 7.29. The van der Waals surface area contributed by atoms with E-state index in [1.165, 1.54) is 23.5 Å². The van der Waals surface area contributed by atoms with Crippen LogP contribution in [0.5, 0.6) is 0 Å². The number of halogens is 1. The predicted octanol–water partition coefficient (Wildman–Crippen LogP) is 5.29. The number of amides is 1. The van der Waals surface area contributed by atoms with Gasteiger partial charge < -0.3 is 20.3 Å². The van der Waals surface area contributed by atoms with Gasteiger partial charge in [0, 0.05) is 46.8 Å². The molecule has 0 aliphatic carbocycles. The number of nitrogens with one attached hydrogen (secondary N) is 2. The molecule has 0 unspecified atom stereocenters. The van der Waals surface area contributed by atoms with E-state index in [2.05, 4.69) is 44.2 Å². The molecule has 1 aliphatic rings. The van der Waals surface area contributed by atoms with Gasteiger partial charge in [0.15, 0.2) is 0 Å². The van der Waals surface area contributed by atoms with E-state index in [9.17, 15) is 4.79 Å². The number of hydrogen-bond acceptors (Lipinski definition) is 7. The lowest BCUT2D eigenvalue weighted by Gasteiger charge is -2.28. The van der Waals surface area contributed by atoms with Crippen molar-refractivity contribution < 1.29 is 9.53 Å². The van der Waals surface area contributed by atoms with Gasteiger partial charge in [-0.25, -0.2) is 9.97 Å². The van der Waals surface area contributed by atoms with Crippen LogP contribution in [0.3, 0.4) is 0 Å². The number of rotatable bonds is 7. The summed E-state index contributed by atoms with van der Waals surface area (Å²) in [6.45, 7) is 8.72. The lowest BCUT2D eigenvalue weighted by atomic mass is 10.2. The standard InChI is InChI=1S/C24H24ClN5O2S/c1-3-22(31)27-18-6-9-21(20(25)14-18)33-23-16(2)15-26-24(29-23)28-17-4-7-19(8-5-17)30-10-12-32-13-11-30/h3-9,14-15H,1,10-13H2,2H3,(H,27,31)(H,26,28,29). The third-order valence-corrected chi connectivity index (χ3v) is 6.62. The highest BCUT2D eigenvalue weighted by Crippen LogP contribution is 2.36. The smallest absolute Gasteiger partial charge is 0.247 e. The predicted molar refractivity (Wildman–Crippen MR) is 134 cm³/mol. The zero-order valence-electron chi connectivity index (χ0n) is 18.2. The largest absolute Gasteiger partial charge is 0.378 e. The molecule has 4 rings (SSSR count). The van der Waals surface area contributed by atoms with Crippen LogP contribution >= 0.6 is 23.4 Å². The van der Waals surface area contributed by atoms with Crippen molar-refractivity contribution >= 4 is 52.3 Å². The summed E-state index contributed by atoms with van der Waals surface area (Å²) in [5.74, 6) is 0.222. The number of anilines is 4. The molecular formula is C24H24ClN5O2S. The van der Waals surface area contributed by atoms with Crippen LogP contribution in [0.2, 0.25) is 5.02 Å². The Bertz CT molecular complexity index is 1150. The van der Waals surface area contributed by atoms with E-state index in [-0.39, 0.29) is 5.91 Å². The molecule has 2 aromatic carbocycles. The fraction of sp³-hybridized carbons (Fsp3) is 0.208. The maximum Gasteiger partial charge on any atom is 0.247 e. The topological polar surface area (TPSA) is 79.4 Å². The molecule has 1 fully saturated rings. The van der Waals surface area contributed by atoms with E-state index in [0.29, 0.717) is 16.7 Å². The van der Waals surface area contributed by atoms with E-state index < -0.39 is 0 Å². The highest BCUT2D eigenvalue weighted by Gasteiger charge is 2.12. The van der Waals surface area contributed by atoms with Crippen molar-refractivity contribution in [2.24, 2.45) is 0 Å². The van der Waals surface area contributed by atoms with Gasteiger partial charge in [0.2, 0.25) is 11.9 Å². The van der Waals surface area contributed by atoms with Crippen molar-refractivity contribution in [3.8, 4) is 0 Å². The van der Waals surface area contributed by atoms with E-state index in [1.807, 2.05) is 25.1 Å². The van der Waals surface area contributed by atoms with Crippen molar-refractivity contribution in [3.63, 3.8) is 0 Å². The molecule has 3 aromatic rings. The summed E-state index contributed by atoms with van der Waals surface area (Å²) in [6.07, 6.45) is 3.00. The molecule has 33 heavy (non-hydrogen) atoms. The van der Waals surface area contributed by atoms with Gasteiger partial charge in [-0.3, -0.25) is 4.79 Å². The highest BCUT2D eigenvalue weighted by atomic mass is 35.5. The number of aryl methyl sites for hydroxylation is 1. The summed E-state index contributed by atoms with van der Waals surface area (Å²) in [6, 6.07) is 13.6. The monoisotopic (exact) mass is 481 g/mol. The Kier molecular flexibility index (Phi) is 7.49. The summed E-state index contributed by atoms with van der Waals surface area (Å²) >= 11 is 7.88. The van der Waals surface area contributed by atoms with Crippen LogP contribution in [0.4, 0.5) is 23.0 Å². The normalized spacial score (nSPS) is 13.5. The lowest BCUT2D eigenvalue weighted by Crippen LogP contribution is -2.36. The van der Waals surface area contributed by atoms with Crippen LogP contribution in [0.1, 0.15) is 5.56 Å². The Labute approximate surface area is 202 Å². The number of carbonyl (C=O) groups excluding carboxylic acids is 1. The van der Waals surface area contributed by atoms with Gasteiger partial charge >= 0.3 is 0 Å². The van der Waals surface area contributed by atoms with E-state index in [4.69, 9.17) is 16.3 Å². The summed E-state index contributed by atoms with van der Waals surface area (Å²) in [4.78, 5) is 23.7. The SMILES string of the molecule is C=CC(=O)Nc1ccc(Sc2nc(Nc3ccc(N4CCOCC4)cc3)ncc2C)c(Cl)c1. The van der Waals surface area contributed by atoms with Gasteiger partial charge in [0.25, 0.3) is 0 Å². The fourth-order valence-corrected chi connectivity index (χ4v) is 4.40. The van der Waals surface area contributed by atoms with Crippen LogP contribution in [0.15, 0.2) is 71.2 Å². The lowest BCUT2D eigenvalue weighted by molar-refractivity contribution is -0.111. The second kappa shape index (κ2) is 10.7. The van der Waals surface area contributed by atoms with Crippen molar-refractivity contribution in [2.45, 2.75) is 16.8 Å². The molecule has 0 bridgehead atoms. The van der Waals surface area contributed by atoms with E-state index in [1.54, 1.807) is 18.3 Å². The minimum atomic E-state index is -0.285. The molecule has 2 N–H and O–H groups in total. The van der Waals surface area contributed by atoms with Crippen molar-refractivity contribution in [3.05, 3.63) is 71.9 Å². The second-order valence-corrected chi connectivity index (χ2v) is 8.83. The number of ether oxygens (including phenoxy) is 1. The van der Waals surface area contributed by atoms with E-state index in [0.717, 1.165) is 47.5 Å². The minimum absolute atomic E-state index is 0.285. The minimum Gasteiger partial charge on any atom is -0.378 e. The van der Waals surface area contributed by atoms with Gasteiger partial charge in [-0.05, 0) is 55.5 Å². The molecule has 0 radical (unpaired) electrons. The first-order valence-electron chi connectivity index (χ1n) is 10.5. The van der Waals surface area contributed by atoms with Crippen LogP contribution in [-0.2, 0) is 9.53 Å². The molecule has 1 saturated heterocycles. The van der Waals surface area contributed by atoms with Gasteiger partial charge in [-0.15, -0.1) is 0 Å². The first kappa shape index (κ1) is 23.1. The van der Waals surface area contributed by atoms with Crippen LogP contribution in [0, 0.1) is 6.92 Å². The average Bonchev–Trinajstić information content (AvgIpc) is 2.84. The molecule has 7 nitrogen and oxygen atoms in total. The van der Waals surface area contributed by atoms with Crippen LogP contribution < -0.4 is 15.5 Å². The summed E-state index contributed by atoms with van der Waals surface area (Å²) in [5.41, 5.74) is 3.63. The number of aromatic nitrogens is 2. The first-order chi connectivity index (χ1) is 16.0. The third kappa shape index (κ3) is 6.04. The molecule has 0 spiro atoms. The Hall–Kier alpha value is -3.07. The highest BCUT2D eigenvalue weighted by molar-refractivity contribution is 7.99. The average molecular weight is 482 g/mol. The van der Waals surface area contributed by atoms with Crippen molar-refractivity contribution in [1.29, 1.82) is 0 Å². The Morgan fingerprint density at radius 1 is 1.18 bits per heavy atom. The third-order valence-electron chi connectivity index (χ3n) is 5.02. The van der Waals surface area contributed by atoms with Gasteiger partial charge in [0.1, 0.15) is 5.03 Å². The molecule has 170 valence electrons.